The lowest BCUT2D eigenvalue weighted by atomic mass is 9.84. The van der Waals surface area contributed by atoms with Crippen LogP contribution in [0.5, 0.6) is 0 Å². The molecule has 2 amide bonds. The van der Waals surface area contributed by atoms with Crippen molar-refractivity contribution in [1.29, 1.82) is 0 Å². The standard InChI is InChI=1S/C18H33N.C16H22N2O6/c1-4-10-16(11-5-1)19(17-12-6-2-7-13-17)18-14-8-3-9-15-18;1-16(2,3)24-15(22)18-12(13(19)20)9-17-14(21)23-10-11-7-5-4-6-8-11/h16-18H,1-15H2;4-8,12H,9-10H2,1-3H3,(H,17,21)(H,18,22)(H,19,20)/t;12-/m.1/s1. The number of alkyl carbamates (subject to hydrolysis) is 2. The van der Waals surface area contributed by atoms with Crippen LogP contribution in [-0.4, -0.2) is 64.5 Å². The number of rotatable bonds is 9. The highest BCUT2D eigenvalue weighted by Crippen LogP contribution is 2.35. The van der Waals surface area contributed by atoms with Crippen molar-refractivity contribution in [1.82, 2.24) is 15.5 Å². The van der Waals surface area contributed by atoms with Crippen LogP contribution in [0.1, 0.15) is 123 Å². The van der Waals surface area contributed by atoms with Gasteiger partial charge in [0.15, 0.2) is 0 Å². The first-order valence-corrected chi connectivity index (χ1v) is 16.6. The third kappa shape index (κ3) is 13.2. The van der Waals surface area contributed by atoms with Crippen molar-refractivity contribution in [2.24, 2.45) is 0 Å². The predicted molar refractivity (Wildman–Crippen MR) is 168 cm³/mol. The fourth-order valence-electron chi connectivity index (χ4n) is 6.64. The van der Waals surface area contributed by atoms with Crippen molar-refractivity contribution >= 4 is 18.2 Å². The molecule has 3 saturated carbocycles. The largest absolute Gasteiger partial charge is 0.480 e. The van der Waals surface area contributed by atoms with Gasteiger partial charge in [0.1, 0.15) is 18.2 Å². The molecule has 0 unspecified atom stereocenters. The van der Waals surface area contributed by atoms with E-state index in [-0.39, 0.29) is 13.2 Å². The Labute approximate surface area is 258 Å². The van der Waals surface area contributed by atoms with E-state index in [1.807, 2.05) is 18.2 Å². The molecule has 3 aliphatic rings. The van der Waals surface area contributed by atoms with Gasteiger partial charge in [-0.15, -0.1) is 0 Å². The van der Waals surface area contributed by atoms with E-state index >= 15 is 0 Å². The van der Waals surface area contributed by atoms with Crippen LogP contribution in [0.25, 0.3) is 0 Å². The number of nitrogens with zero attached hydrogens (tertiary/aromatic N) is 1. The maximum absolute atomic E-state index is 11.6. The summed E-state index contributed by atoms with van der Waals surface area (Å²) in [6, 6.07) is 10.6. The third-order valence-corrected chi connectivity index (χ3v) is 8.64. The molecule has 3 aliphatic carbocycles. The molecular weight excluding hydrogens is 546 g/mol. The molecular formula is C34H55N3O6. The predicted octanol–water partition coefficient (Wildman–Crippen LogP) is 7.18. The highest BCUT2D eigenvalue weighted by molar-refractivity contribution is 5.81. The summed E-state index contributed by atoms with van der Waals surface area (Å²) in [5.41, 5.74) is 0.0455. The van der Waals surface area contributed by atoms with E-state index in [2.05, 4.69) is 15.5 Å². The van der Waals surface area contributed by atoms with E-state index < -0.39 is 29.8 Å². The minimum Gasteiger partial charge on any atom is -0.480 e. The molecule has 3 fully saturated rings. The molecule has 1 aromatic rings. The first-order chi connectivity index (χ1) is 20.6. The molecule has 1 atom stereocenters. The maximum atomic E-state index is 11.6. The van der Waals surface area contributed by atoms with Crippen LogP contribution in [0.15, 0.2) is 30.3 Å². The second-order valence-electron chi connectivity index (χ2n) is 13.3. The molecule has 3 N–H and O–H groups in total. The lowest BCUT2D eigenvalue weighted by Gasteiger charge is -2.47. The number of carbonyl (C=O) groups is 3. The van der Waals surface area contributed by atoms with Gasteiger partial charge in [0, 0.05) is 18.1 Å². The first-order valence-electron chi connectivity index (χ1n) is 16.6. The smallest absolute Gasteiger partial charge is 0.408 e. The Balaban J connectivity index is 0.000000241. The normalized spacial score (nSPS) is 19.4. The second-order valence-corrected chi connectivity index (χ2v) is 13.3. The van der Waals surface area contributed by atoms with Gasteiger partial charge in [-0.2, -0.15) is 0 Å². The number of benzene rings is 1. The summed E-state index contributed by atoms with van der Waals surface area (Å²) >= 11 is 0. The van der Waals surface area contributed by atoms with Gasteiger partial charge in [0.05, 0.1) is 6.54 Å². The molecule has 0 spiro atoms. The summed E-state index contributed by atoms with van der Waals surface area (Å²) in [4.78, 5) is 37.4. The van der Waals surface area contributed by atoms with E-state index in [0.29, 0.717) is 0 Å². The lowest BCUT2D eigenvalue weighted by Crippen LogP contribution is -2.51. The first kappa shape index (κ1) is 34.7. The number of carboxylic acids is 1. The lowest BCUT2D eigenvalue weighted by molar-refractivity contribution is -0.139. The van der Waals surface area contributed by atoms with Gasteiger partial charge in [-0.1, -0.05) is 88.1 Å². The van der Waals surface area contributed by atoms with Crippen LogP contribution < -0.4 is 10.6 Å². The van der Waals surface area contributed by atoms with Crippen LogP contribution in [0.4, 0.5) is 9.59 Å². The Morgan fingerprint density at radius 2 is 1.26 bits per heavy atom. The second kappa shape index (κ2) is 18.1. The van der Waals surface area contributed by atoms with Crippen molar-refractivity contribution < 1.29 is 29.0 Å². The molecule has 9 nitrogen and oxygen atoms in total. The molecule has 242 valence electrons. The maximum Gasteiger partial charge on any atom is 0.408 e. The molecule has 1 aromatic carbocycles. The minimum atomic E-state index is -1.33. The topological polar surface area (TPSA) is 117 Å². The van der Waals surface area contributed by atoms with Gasteiger partial charge in [-0.3, -0.25) is 4.90 Å². The zero-order chi connectivity index (χ0) is 31.1. The SMILES string of the molecule is C1CCC(N(C2CCCCC2)C2CCCCC2)CC1.CC(C)(C)OC(=O)N[C@H](CNC(=O)OCc1ccccc1)C(=O)O. The van der Waals surface area contributed by atoms with Gasteiger partial charge in [0.25, 0.3) is 0 Å². The number of amides is 2. The summed E-state index contributed by atoms with van der Waals surface area (Å²) in [7, 11) is 0. The van der Waals surface area contributed by atoms with Gasteiger partial charge in [-0.25, -0.2) is 14.4 Å². The van der Waals surface area contributed by atoms with Crippen LogP contribution in [-0.2, 0) is 20.9 Å². The Hall–Kier alpha value is -2.81. The number of hydrogen-bond donors (Lipinski definition) is 3. The molecule has 0 aromatic heterocycles. The Morgan fingerprint density at radius 1 is 0.791 bits per heavy atom. The molecule has 0 saturated heterocycles. The zero-order valence-electron chi connectivity index (χ0n) is 26.7. The van der Waals surface area contributed by atoms with E-state index in [0.717, 1.165) is 23.7 Å². The van der Waals surface area contributed by atoms with Gasteiger partial charge >= 0.3 is 18.2 Å². The minimum absolute atomic E-state index is 0.0594. The van der Waals surface area contributed by atoms with Crippen LogP contribution in [0.2, 0.25) is 0 Å². The summed E-state index contributed by atoms with van der Waals surface area (Å²) in [5, 5.41) is 13.5. The van der Waals surface area contributed by atoms with Gasteiger partial charge < -0.3 is 25.2 Å². The summed E-state index contributed by atoms with van der Waals surface area (Å²) < 4.78 is 9.93. The van der Waals surface area contributed by atoms with Crippen molar-refractivity contribution in [3.8, 4) is 0 Å². The van der Waals surface area contributed by atoms with Crippen LogP contribution >= 0.6 is 0 Å². The summed E-state index contributed by atoms with van der Waals surface area (Å²) in [6.07, 6.45) is 20.9. The Morgan fingerprint density at radius 3 is 1.67 bits per heavy atom. The molecule has 0 heterocycles. The van der Waals surface area contributed by atoms with Gasteiger partial charge in [0.2, 0.25) is 0 Å². The highest BCUT2D eigenvalue weighted by atomic mass is 16.6. The van der Waals surface area contributed by atoms with Crippen molar-refractivity contribution in [2.75, 3.05) is 6.54 Å². The average molecular weight is 602 g/mol. The zero-order valence-corrected chi connectivity index (χ0v) is 26.7. The number of hydrogen-bond acceptors (Lipinski definition) is 6. The molecule has 43 heavy (non-hydrogen) atoms. The fourth-order valence-corrected chi connectivity index (χ4v) is 6.64. The Kier molecular flexibility index (Phi) is 14.6. The van der Waals surface area contributed by atoms with Gasteiger partial charge in [-0.05, 0) is 64.9 Å². The monoisotopic (exact) mass is 601 g/mol. The quantitative estimate of drug-likeness (QED) is 0.275. The summed E-state index contributed by atoms with van der Waals surface area (Å²) in [6.45, 7) is 4.69. The highest BCUT2D eigenvalue weighted by Gasteiger charge is 2.34. The number of aliphatic carboxylic acids is 1. The van der Waals surface area contributed by atoms with E-state index in [1.54, 1.807) is 32.9 Å². The van der Waals surface area contributed by atoms with Crippen molar-refractivity contribution in [3.05, 3.63) is 35.9 Å². The van der Waals surface area contributed by atoms with Crippen molar-refractivity contribution in [2.45, 2.75) is 153 Å². The third-order valence-electron chi connectivity index (χ3n) is 8.64. The molecule has 0 aliphatic heterocycles. The number of carbonyl (C=O) groups excluding carboxylic acids is 2. The van der Waals surface area contributed by atoms with E-state index in [9.17, 15) is 14.4 Å². The van der Waals surface area contributed by atoms with Crippen molar-refractivity contribution in [3.63, 3.8) is 0 Å². The fraction of sp³-hybridized carbons (Fsp3) is 0.735. The molecule has 4 rings (SSSR count). The molecule has 9 heteroatoms. The molecule has 0 radical (unpaired) electrons. The van der Waals surface area contributed by atoms with Crippen LogP contribution in [0.3, 0.4) is 0 Å². The summed E-state index contributed by atoms with van der Waals surface area (Å²) in [5.74, 6) is -1.30. The average Bonchev–Trinajstić information content (AvgIpc) is 3.00. The van der Waals surface area contributed by atoms with E-state index in [4.69, 9.17) is 14.6 Å². The molecule has 0 bridgehead atoms. The number of carboxylic acid groups (broad SMARTS) is 1. The van der Waals surface area contributed by atoms with Crippen LogP contribution in [0, 0.1) is 0 Å². The number of ether oxygens (including phenoxy) is 2. The Bertz CT molecular complexity index is 921. The number of nitrogens with one attached hydrogen (secondary N) is 2. The van der Waals surface area contributed by atoms with E-state index in [1.165, 1.54) is 96.3 Å².